The Hall–Kier alpha value is -4.15. The van der Waals surface area contributed by atoms with Crippen molar-refractivity contribution in [2.45, 2.75) is 25.8 Å². The molecule has 184 valence electrons. The quantitative estimate of drug-likeness (QED) is 0.332. The number of ether oxygens (including phenoxy) is 1. The Bertz CT molecular complexity index is 1190. The summed E-state index contributed by atoms with van der Waals surface area (Å²) in [5.74, 6) is -0.719. The summed E-state index contributed by atoms with van der Waals surface area (Å²) in [7, 11) is 0. The van der Waals surface area contributed by atoms with Crippen LogP contribution in [-0.2, 0) is 6.18 Å². The van der Waals surface area contributed by atoms with Crippen LogP contribution in [0.4, 0.5) is 38.1 Å². The summed E-state index contributed by atoms with van der Waals surface area (Å²) in [5.41, 5.74) is -1.15. The van der Waals surface area contributed by atoms with Gasteiger partial charge in [-0.2, -0.15) is 22.0 Å². The lowest BCUT2D eigenvalue weighted by molar-refractivity contribution is -0.136. The van der Waals surface area contributed by atoms with Crippen molar-refractivity contribution in [1.29, 1.82) is 0 Å². The van der Waals surface area contributed by atoms with E-state index in [1.807, 2.05) is 0 Å². The van der Waals surface area contributed by atoms with E-state index in [1.165, 1.54) is 49.4 Å². The van der Waals surface area contributed by atoms with Gasteiger partial charge >= 0.3 is 18.8 Å². The van der Waals surface area contributed by atoms with E-state index in [0.717, 1.165) is 6.07 Å². The lowest BCUT2D eigenvalue weighted by atomic mass is 10.1. The SMILES string of the molecule is C[C@H](NC(=O)Nc1ccc(NC(=O)c2ccccc2)cc1C(F)(F)F)c1cccc(OC(F)F)c1. The van der Waals surface area contributed by atoms with E-state index in [0.29, 0.717) is 11.6 Å². The maximum Gasteiger partial charge on any atom is 0.418 e. The van der Waals surface area contributed by atoms with Crippen LogP contribution in [0.5, 0.6) is 5.75 Å². The molecule has 0 radical (unpaired) electrons. The van der Waals surface area contributed by atoms with Crippen molar-refractivity contribution in [3.63, 3.8) is 0 Å². The highest BCUT2D eigenvalue weighted by atomic mass is 19.4. The van der Waals surface area contributed by atoms with E-state index in [2.05, 4.69) is 20.7 Å². The van der Waals surface area contributed by atoms with Crippen LogP contribution in [0.3, 0.4) is 0 Å². The number of rotatable bonds is 7. The zero-order chi connectivity index (χ0) is 25.6. The van der Waals surface area contributed by atoms with Crippen LogP contribution < -0.4 is 20.7 Å². The Morgan fingerprint density at radius 3 is 2.26 bits per heavy atom. The molecule has 11 heteroatoms. The van der Waals surface area contributed by atoms with E-state index < -0.39 is 42.0 Å². The third-order valence-corrected chi connectivity index (χ3v) is 4.80. The highest BCUT2D eigenvalue weighted by Crippen LogP contribution is 2.36. The first kappa shape index (κ1) is 25.5. The van der Waals surface area contributed by atoms with Crippen LogP contribution in [0.2, 0.25) is 0 Å². The second kappa shape index (κ2) is 10.9. The smallest absolute Gasteiger partial charge is 0.418 e. The number of carbonyl (C=O) groups excluding carboxylic acids is 2. The van der Waals surface area contributed by atoms with Crippen molar-refractivity contribution < 1.29 is 36.3 Å². The minimum absolute atomic E-state index is 0.110. The summed E-state index contributed by atoms with van der Waals surface area (Å²) in [6.07, 6.45) is -4.83. The normalized spacial score (nSPS) is 12.1. The van der Waals surface area contributed by atoms with Gasteiger partial charge in [0.2, 0.25) is 0 Å². The first-order valence-corrected chi connectivity index (χ1v) is 10.2. The van der Waals surface area contributed by atoms with Crippen LogP contribution in [0.25, 0.3) is 0 Å². The van der Waals surface area contributed by atoms with Gasteiger partial charge < -0.3 is 20.7 Å². The van der Waals surface area contributed by atoms with Gasteiger partial charge in [0, 0.05) is 11.3 Å². The van der Waals surface area contributed by atoms with Gasteiger partial charge in [0.1, 0.15) is 5.75 Å². The lowest BCUT2D eigenvalue weighted by Crippen LogP contribution is -2.32. The Balaban J connectivity index is 1.73. The predicted molar refractivity (Wildman–Crippen MR) is 119 cm³/mol. The minimum Gasteiger partial charge on any atom is -0.435 e. The van der Waals surface area contributed by atoms with Crippen LogP contribution in [0.1, 0.15) is 34.5 Å². The molecule has 0 spiro atoms. The zero-order valence-corrected chi connectivity index (χ0v) is 18.2. The summed E-state index contributed by atoms with van der Waals surface area (Å²) >= 11 is 0. The third-order valence-electron chi connectivity index (χ3n) is 4.80. The Morgan fingerprint density at radius 1 is 0.886 bits per heavy atom. The maximum absolute atomic E-state index is 13.7. The molecule has 0 saturated heterocycles. The van der Waals surface area contributed by atoms with E-state index in [-0.39, 0.29) is 17.0 Å². The fourth-order valence-corrected chi connectivity index (χ4v) is 3.16. The predicted octanol–water partition coefficient (Wildman–Crippen LogP) is 6.44. The average molecular weight is 493 g/mol. The molecule has 3 rings (SSSR count). The summed E-state index contributed by atoms with van der Waals surface area (Å²) in [4.78, 5) is 24.6. The van der Waals surface area contributed by atoms with Gasteiger partial charge in [-0.05, 0) is 55.0 Å². The molecule has 0 aliphatic carbocycles. The number of urea groups is 1. The van der Waals surface area contributed by atoms with Gasteiger partial charge in [0.05, 0.1) is 17.3 Å². The number of hydrogen-bond donors (Lipinski definition) is 3. The standard InChI is InChI=1S/C24H20F5N3O3/c1-14(16-8-5-9-18(12-16)35-22(25)26)30-23(34)32-20-11-10-17(13-19(20)24(27,28)29)31-21(33)15-6-3-2-4-7-15/h2-14,22H,1H3,(H,31,33)(H2,30,32,34)/t14-/m0/s1. The van der Waals surface area contributed by atoms with Gasteiger partial charge in [-0.25, -0.2) is 4.79 Å². The molecule has 0 heterocycles. The van der Waals surface area contributed by atoms with Crippen molar-refractivity contribution in [1.82, 2.24) is 5.32 Å². The molecule has 0 aliphatic rings. The number of amides is 3. The van der Waals surface area contributed by atoms with Gasteiger partial charge in [-0.15, -0.1) is 0 Å². The molecule has 3 aromatic carbocycles. The van der Waals surface area contributed by atoms with Crippen molar-refractivity contribution in [3.8, 4) is 5.75 Å². The molecular formula is C24H20F5N3O3. The monoisotopic (exact) mass is 493 g/mol. The molecule has 3 N–H and O–H groups in total. The molecule has 0 fully saturated rings. The van der Waals surface area contributed by atoms with Crippen molar-refractivity contribution in [2.75, 3.05) is 10.6 Å². The van der Waals surface area contributed by atoms with Crippen LogP contribution in [-0.4, -0.2) is 18.5 Å². The van der Waals surface area contributed by atoms with Crippen molar-refractivity contribution >= 4 is 23.3 Å². The van der Waals surface area contributed by atoms with Gasteiger partial charge in [-0.1, -0.05) is 30.3 Å². The van der Waals surface area contributed by atoms with Crippen LogP contribution in [0.15, 0.2) is 72.8 Å². The fraction of sp³-hybridized carbons (Fsp3) is 0.167. The van der Waals surface area contributed by atoms with E-state index in [4.69, 9.17) is 0 Å². The number of benzene rings is 3. The number of carbonyl (C=O) groups is 2. The molecule has 0 aliphatic heterocycles. The zero-order valence-electron chi connectivity index (χ0n) is 18.2. The van der Waals surface area contributed by atoms with Crippen LogP contribution in [0, 0.1) is 0 Å². The first-order valence-electron chi connectivity index (χ1n) is 10.2. The highest BCUT2D eigenvalue weighted by molar-refractivity contribution is 6.04. The summed E-state index contributed by atoms with van der Waals surface area (Å²) in [6, 6.07) is 14.8. The molecule has 0 aromatic heterocycles. The second-order valence-corrected chi connectivity index (χ2v) is 7.35. The minimum atomic E-state index is -4.83. The van der Waals surface area contributed by atoms with Gasteiger partial charge in [0.25, 0.3) is 5.91 Å². The first-order chi connectivity index (χ1) is 16.5. The maximum atomic E-state index is 13.7. The number of nitrogens with one attached hydrogen (secondary N) is 3. The Morgan fingerprint density at radius 2 is 1.60 bits per heavy atom. The molecule has 0 unspecified atom stereocenters. The molecular weight excluding hydrogens is 473 g/mol. The summed E-state index contributed by atoms with van der Waals surface area (Å²) in [6.45, 7) is -1.51. The van der Waals surface area contributed by atoms with Crippen molar-refractivity contribution in [3.05, 3.63) is 89.5 Å². The average Bonchev–Trinajstić information content (AvgIpc) is 2.79. The van der Waals surface area contributed by atoms with Gasteiger partial charge in [-0.3, -0.25) is 4.79 Å². The number of hydrogen-bond acceptors (Lipinski definition) is 3. The molecule has 1 atom stereocenters. The number of halogens is 5. The number of alkyl halides is 5. The second-order valence-electron chi connectivity index (χ2n) is 7.35. The van der Waals surface area contributed by atoms with Crippen molar-refractivity contribution in [2.24, 2.45) is 0 Å². The molecule has 0 saturated carbocycles. The molecule has 6 nitrogen and oxygen atoms in total. The van der Waals surface area contributed by atoms with E-state index in [9.17, 15) is 31.5 Å². The molecule has 0 bridgehead atoms. The fourth-order valence-electron chi connectivity index (χ4n) is 3.16. The summed E-state index contributed by atoms with van der Waals surface area (Å²) < 4.78 is 70.1. The third kappa shape index (κ3) is 7.16. The van der Waals surface area contributed by atoms with E-state index in [1.54, 1.807) is 18.2 Å². The van der Waals surface area contributed by atoms with Gasteiger partial charge in [0.15, 0.2) is 0 Å². The highest BCUT2D eigenvalue weighted by Gasteiger charge is 2.34. The topological polar surface area (TPSA) is 79.5 Å². The Kier molecular flexibility index (Phi) is 7.90. The van der Waals surface area contributed by atoms with Crippen LogP contribution >= 0.6 is 0 Å². The summed E-state index contributed by atoms with van der Waals surface area (Å²) in [5, 5.41) is 6.98. The largest absolute Gasteiger partial charge is 0.435 e. The molecule has 3 amide bonds. The lowest BCUT2D eigenvalue weighted by Gasteiger charge is -2.19. The Labute approximate surface area is 197 Å². The molecule has 35 heavy (non-hydrogen) atoms. The number of anilines is 2. The molecule has 3 aromatic rings. The van der Waals surface area contributed by atoms with E-state index >= 15 is 0 Å².